The lowest BCUT2D eigenvalue weighted by molar-refractivity contribution is -0.143. The van der Waals surface area contributed by atoms with Gasteiger partial charge in [0.05, 0.1) is 0 Å². The van der Waals surface area contributed by atoms with Crippen LogP contribution < -0.4 is 5.32 Å². The molecule has 0 fully saturated rings. The summed E-state index contributed by atoms with van der Waals surface area (Å²) in [4.78, 5) is 33.6. The van der Waals surface area contributed by atoms with Crippen LogP contribution in [0.25, 0.3) is 0 Å². The van der Waals surface area contributed by atoms with Crippen molar-refractivity contribution >= 4 is 17.8 Å². The van der Waals surface area contributed by atoms with Crippen LogP contribution in [0, 0.1) is 0 Å². The Morgan fingerprint density at radius 2 is 1.82 bits per heavy atom. The van der Waals surface area contributed by atoms with Gasteiger partial charge < -0.3 is 15.2 Å². The molecule has 1 amide bonds. The molecule has 0 aromatic heterocycles. The normalized spacial score (nSPS) is 12.7. The molecule has 0 rings (SSSR count). The van der Waals surface area contributed by atoms with Gasteiger partial charge in [0.25, 0.3) is 0 Å². The maximum absolute atomic E-state index is 11.4. The van der Waals surface area contributed by atoms with Crippen LogP contribution in [-0.2, 0) is 14.3 Å². The van der Waals surface area contributed by atoms with Gasteiger partial charge in [-0.05, 0) is 27.2 Å². The second-order valence-corrected chi connectivity index (χ2v) is 4.63. The van der Waals surface area contributed by atoms with E-state index >= 15 is 0 Å². The minimum Gasteiger partial charge on any atom is -0.479 e. The molecule has 0 bridgehead atoms. The molecule has 1 unspecified atom stereocenters. The number of hydrogen-bond acceptors (Lipinski definition) is 4. The van der Waals surface area contributed by atoms with Gasteiger partial charge in [0.2, 0.25) is 0 Å². The van der Waals surface area contributed by atoms with Crippen LogP contribution in [0.15, 0.2) is 0 Å². The molecule has 6 nitrogen and oxygen atoms in total. The van der Waals surface area contributed by atoms with Crippen LogP contribution in [0.5, 0.6) is 0 Å². The summed E-state index contributed by atoms with van der Waals surface area (Å²) in [7, 11) is 0. The maximum Gasteiger partial charge on any atom is 0.408 e. The molecule has 98 valence electrons. The molecule has 6 heteroatoms. The quantitative estimate of drug-likeness (QED) is 0.713. The van der Waals surface area contributed by atoms with E-state index < -0.39 is 29.5 Å². The third-order valence-corrected chi connectivity index (χ3v) is 1.73. The average Bonchev–Trinajstić information content (AvgIpc) is 2.11. The third-order valence-electron chi connectivity index (χ3n) is 1.73. The predicted octanol–water partition coefficient (Wildman–Crippen LogP) is 1.33. The Bertz CT molecular complexity index is 305. The predicted molar refractivity (Wildman–Crippen MR) is 60.7 cm³/mol. The number of carboxylic acid groups (broad SMARTS) is 1. The van der Waals surface area contributed by atoms with E-state index in [0.29, 0.717) is 6.42 Å². The zero-order valence-electron chi connectivity index (χ0n) is 10.6. The SMILES string of the molecule is CCCC(=O)C(NC(=O)OC(C)(C)C)C(=O)O. The molecule has 0 saturated carbocycles. The number of ether oxygens (including phenoxy) is 1. The number of hydrogen-bond donors (Lipinski definition) is 2. The summed E-state index contributed by atoms with van der Waals surface area (Å²) in [5, 5.41) is 10.9. The van der Waals surface area contributed by atoms with Crippen LogP contribution in [0.1, 0.15) is 40.5 Å². The Balaban J connectivity index is 4.51. The monoisotopic (exact) mass is 245 g/mol. The van der Waals surface area contributed by atoms with Crippen molar-refractivity contribution in [2.45, 2.75) is 52.2 Å². The van der Waals surface area contributed by atoms with E-state index in [1.807, 2.05) is 5.32 Å². The summed E-state index contributed by atoms with van der Waals surface area (Å²) in [6.45, 7) is 6.70. The molecule has 0 saturated heterocycles. The molecule has 0 aliphatic rings. The fourth-order valence-electron chi connectivity index (χ4n) is 1.10. The van der Waals surface area contributed by atoms with Gasteiger partial charge in [0.15, 0.2) is 11.8 Å². The molecule has 17 heavy (non-hydrogen) atoms. The highest BCUT2D eigenvalue weighted by Gasteiger charge is 2.29. The Labute approximate surface area is 100 Å². The first-order valence-electron chi connectivity index (χ1n) is 5.42. The Kier molecular flexibility index (Phi) is 5.64. The summed E-state index contributed by atoms with van der Waals surface area (Å²) in [5.74, 6) is -1.92. The smallest absolute Gasteiger partial charge is 0.408 e. The van der Waals surface area contributed by atoms with Crippen LogP contribution in [0.4, 0.5) is 4.79 Å². The van der Waals surface area contributed by atoms with E-state index in [9.17, 15) is 14.4 Å². The number of Topliss-reactive ketones (excluding diaryl/α,β-unsaturated/α-hetero) is 1. The third kappa shape index (κ3) is 6.55. The summed E-state index contributed by atoms with van der Waals surface area (Å²) < 4.78 is 4.88. The zero-order chi connectivity index (χ0) is 13.6. The number of carbonyl (C=O) groups excluding carboxylic acids is 2. The first kappa shape index (κ1) is 15.4. The molecule has 1 atom stereocenters. The van der Waals surface area contributed by atoms with E-state index in [1.54, 1.807) is 27.7 Å². The number of nitrogens with one attached hydrogen (secondary N) is 1. The Morgan fingerprint density at radius 1 is 1.29 bits per heavy atom. The Hall–Kier alpha value is -1.59. The van der Waals surface area contributed by atoms with E-state index in [0.717, 1.165) is 0 Å². The lowest BCUT2D eigenvalue weighted by Crippen LogP contribution is -2.48. The van der Waals surface area contributed by atoms with Crippen LogP contribution >= 0.6 is 0 Å². The molecular formula is C11H19NO5. The highest BCUT2D eigenvalue weighted by atomic mass is 16.6. The van der Waals surface area contributed by atoms with Gasteiger partial charge in [-0.15, -0.1) is 0 Å². The van der Waals surface area contributed by atoms with Crippen molar-refractivity contribution in [1.29, 1.82) is 0 Å². The molecule has 0 radical (unpaired) electrons. The van der Waals surface area contributed by atoms with Crippen LogP contribution in [0.3, 0.4) is 0 Å². The van der Waals surface area contributed by atoms with Crippen molar-refractivity contribution in [2.75, 3.05) is 0 Å². The standard InChI is InChI=1S/C11H19NO5/c1-5-6-7(13)8(9(14)15)12-10(16)17-11(2,3)4/h8H,5-6H2,1-4H3,(H,12,16)(H,14,15). The number of alkyl carbamates (subject to hydrolysis) is 1. The van der Waals surface area contributed by atoms with Gasteiger partial charge in [-0.3, -0.25) is 4.79 Å². The highest BCUT2D eigenvalue weighted by Crippen LogP contribution is 2.07. The number of rotatable bonds is 5. The summed E-state index contributed by atoms with van der Waals surface area (Å²) in [5.41, 5.74) is -0.735. The minimum absolute atomic E-state index is 0.104. The molecule has 0 spiro atoms. The molecule has 2 N–H and O–H groups in total. The van der Waals surface area contributed by atoms with Crippen molar-refractivity contribution in [3.8, 4) is 0 Å². The van der Waals surface area contributed by atoms with Gasteiger partial charge >= 0.3 is 12.1 Å². The summed E-state index contributed by atoms with van der Waals surface area (Å²) in [6.07, 6.45) is -0.278. The molecule has 0 aliphatic carbocycles. The summed E-state index contributed by atoms with van der Waals surface area (Å²) in [6, 6.07) is -1.54. The minimum atomic E-state index is -1.54. The number of amides is 1. The molecule has 0 heterocycles. The Morgan fingerprint density at radius 3 is 2.18 bits per heavy atom. The number of carbonyl (C=O) groups is 3. The van der Waals surface area contributed by atoms with E-state index in [1.165, 1.54) is 0 Å². The molecule has 0 aromatic rings. The zero-order valence-corrected chi connectivity index (χ0v) is 10.6. The maximum atomic E-state index is 11.4. The van der Waals surface area contributed by atoms with E-state index in [-0.39, 0.29) is 6.42 Å². The van der Waals surface area contributed by atoms with Gasteiger partial charge in [-0.25, -0.2) is 9.59 Å². The van der Waals surface area contributed by atoms with Gasteiger partial charge in [-0.2, -0.15) is 0 Å². The van der Waals surface area contributed by atoms with Crippen molar-refractivity contribution in [3.63, 3.8) is 0 Å². The second kappa shape index (κ2) is 6.22. The number of ketones is 1. The molecule has 0 aromatic carbocycles. The molecular weight excluding hydrogens is 226 g/mol. The molecule has 0 aliphatic heterocycles. The lowest BCUT2D eigenvalue weighted by Gasteiger charge is -2.21. The lowest BCUT2D eigenvalue weighted by atomic mass is 10.1. The fraction of sp³-hybridized carbons (Fsp3) is 0.727. The van der Waals surface area contributed by atoms with E-state index in [4.69, 9.17) is 9.84 Å². The van der Waals surface area contributed by atoms with Gasteiger partial charge in [0.1, 0.15) is 5.60 Å². The van der Waals surface area contributed by atoms with Gasteiger partial charge in [0, 0.05) is 6.42 Å². The summed E-state index contributed by atoms with van der Waals surface area (Å²) >= 11 is 0. The largest absolute Gasteiger partial charge is 0.479 e. The van der Waals surface area contributed by atoms with Crippen molar-refractivity contribution in [3.05, 3.63) is 0 Å². The van der Waals surface area contributed by atoms with Crippen LogP contribution in [-0.4, -0.2) is 34.6 Å². The number of carboxylic acids is 1. The number of aliphatic carboxylic acids is 1. The first-order valence-corrected chi connectivity index (χ1v) is 5.42. The topological polar surface area (TPSA) is 92.7 Å². The van der Waals surface area contributed by atoms with Crippen molar-refractivity contribution in [2.24, 2.45) is 0 Å². The van der Waals surface area contributed by atoms with Crippen molar-refractivity contribution in [1.82, 2.24) is 5.32 Å². The highest BCUT2D eigenvalue weighted by molar-refractivity contribution is 6.04. The average molecular weight is 245 g/mol. The second-order valence-electron chi connectivity index (χ2n) is 4.63. The van der Waals surface area contributed by atoms with Gasteiger partial charge in [-0.1, -0.05) is 6.92 Å². The first-order chi connectivity index (χ1) is 7.67. The van der Waals surface area contributed by atoms with Crippen molar-refractivity contribution < 1.29 is 24.2 Å². The van der Waals surface area contributed by atoms with E-state index in [2.05, 4.69) is 0 Å². The van der Waals surface area contributed by atoms with Crippen LogP contribution in [0.2, 0.25) is 0 Å². The fourth-order valence-corrected chi connectivity index (χ4v) is 1.10.